The number of rotatable bonds is 3. The molecule has 0 bridgehead atoms. The van der Waals surface area contributed by atoms with E-state index in [-0.39, 0.29) is 6.04 Å². The van der Waals surface area contributed by atoms with Crippen molar-refractivity contribution in [3.8, 4) is 12.3 Å². The molecule has 0 aliphatic heterocycles. The third kappa shape index (κ3) is 2.17. The molecule has 1 atom stereocenters. The van der Waals surface area contributed by atoms with Gasteiger partial charge in [-0.15, -0.1) is 6.42 Å². The van der Waals surface area contributed by atoms with Gasteiger partial charge in [0.05, 0.1) is 11.7 Å². The lowest BCUT2D eigenvalue weighted by Gasteiger charge is -2.03. The van der Waals surface area contributed by atoms with Gasteiger partial charge in [-0.25, -0.2) is 4.98 Å². The first-order valence-electron chi connectivity index (χ1n) is 4.92. The molecule has 0 fully saturated rings. The Morgan fingerprint density at radius 3 is 3.20 bits per heavy atom. The van der Waals surface area contributed by atoms with Gasteiger partial charge in [-0.05, 0) is 19.1 Å². The van der Waals surface area contributed by atoms with Crippen LogP contribution in [-0.2, 0) is 6.54 Å². The summed E-state index contributed by atoms with van der Waals surface area (Å²) < 4.78 is 2.00. The highest BCUT2D eigenvalue weighted by Gasteiger charge is 2.01. The number of imidazole rings is 1. The van der Waals surface area contributed by atoms with Gasteiger partial charge >= 0.3 is 0 Å². The number of hydrogen-bond donors (Lipinski definition) is 1. The maximum Gasteiger partial charge on any atom is 0.137 e. The lowest BCUT2D eigenvalue weighted by molar-refractivity contribution is 0.640. The summed E-state index contributed by atoms with van der Waals surface area (Å²) in [7, 11) is 0. The fourth-order valence-corrected chi connectivity index (χ4v) is 1.39. The van der Waals surface area contributed by atoms with Gasteiger partial charge in [0, 0.05) is 18.9 Å². The Hall–Kier alpha value is -1.79. The summed E-state index contributed by atoms with van der Waals surface area (Å²) >= 11 is 0. The van der Waals surface area contributed by atoms with Gasteiger partial charge in [-0.2, -0.15) is 0 Å². The molecule has 0 saturated heterocycles. The van der Waals surface area contributed by atoms with E-state index in [1.807, 2.05) is 41.9 Å². The Morgan fingerprint density at radius 2 is 2.47 bits per heavy atom. The van der Waals surface area contributed by atoms with E-state index in [4.69, 9.17) is 6.42 Å². The third-order valence-corrected chi connectivity index (χ3v) is 2.25. The third-order valence-electron chi connectivity index (χ3n) is 2.25. The smallest absolute Gasteiger partial charge is 0.137 e. The number of nitrogens with one attached hydrogen (secondary N) is 1. The number of hydrogen-bond acceptors (Lipinski definition) is 2. The van der Waals surface area contributed by atoms with Gasteiger partial charge in [0.25, 0.3) is 0 Å². The highest BCUT2D eigenvalue weighted by Crippen LogP contribution is 2.04. The van der Waals surface area contributed by atoms with E-state index in [0.717, 1.165) is 11.3 Å². The summed E-state index contributed by atoms with van der Waals surface area (Å²) in [5.41, 5.74) is 1.96. The maximum atomic E-state index is 5.27. The minimum atomic E-state index is 0.0785. The summed E-state index contributed by atoms with van der Waals surface area (Å²) in [6.07, 6.45) is 9.26. The average molecular weight is 199 g/mol. The predicted molar refractivity (Wildman–Crippen MR) is 60.3 cm³/mol. The summed E-state index contributed by atoms with van der Waals surface area (Å²) in [6.45, 7) is 2.66. The van der Waals surface area contributed by atoms with Crippen LogP contribution >= 0.6 is 0 Å². The highest BCUT2D eigenvalue weighted by molar-refractivity contribution is 5.39. The van der Waals surface area contributed by atoms with E-state index >= 15 is 0 Å². The zero-order chi connectivity index (χ0) is 10.7. The predicted octanol–water partition coefficient (Wildman–Crippen LogP) is 1.45. The fourth-order valence-electron chi connectivity index (χ4n) is 1.39. The average Bonchev–Trinajstić information content (AvgIpc) is 2.68. The molecule has 1 N–H and O–H groups in total. The van der Waals surface area contributed by atoms with Crippen molar-refractivity contribution in [3.63, 3.8) is 0 Å². The summed E-state index contributed by atoms with van der Waals surface area (Å²) in [4.78, 5) is 4.45. The van der Waals surface area contributed by atoms with Crippen LogP contribution in [0.2, 0.25) is 0 Å². The second-order valence-corrected chi connectivity index (χ2v) is 3.47. The largest absolute Gasteiger partial charge is 0.307 e. The summed E-state index contributed by atoms with van der Waals surface area (Å²) in [5, 5.41) is 3.20. The highest BCUT2D eigenvalue weighted by atomic mass is 15.0. The molecule has 2 aromatic heterocycles. The monoisotopic (exact) mass is 199 g/mol. The van der Waals surface area contributed by atoms with Crippen molar-refractivity contribution in [2.24, 2.45) is 0 Å². The molecule has 0 amide bonds. The van der Waals surface area contributed by atoms with E-state index < -0.39 is 0 Å². The Kier molecular flexibility index (Phi) is 2.70. The first-order valence-corrected chi connectivity index (χ1v) is 4.92. The molecule has 15 heavy (non-hydrogen) atoms. The van der Waals surface area contributed by atoms with Crippen molar-refractivity contribution < 1.29 is 0 Å². The van der Waals surface area contributed by atoms with Crippen LogP contribution in [0.4, 0.5) is 0 Å². The zero-order valence-electron chi connectivity index (χ0n) is 8.64. The van der Waals surface area contributed by atoms with E-state index in [1.54, 1.807) is 0 Å². The van der Waals surface area contributed by atoms with Crippen molar-refractivity contribution in [2.45, 2.75) is 19.5 Å². The molecule has 1 unspecified atom stereocenters. The van der Waals surface area contributed by atoms with Crippen LogP contribution in [0.5, 0.6) is 0 Å². The Morgan fingerprint density at radius 1 is 1.60 bits per heavy atom. The van der Waals surface area contributed by atoms with Gasteiger partial charge in [0.2, 0.25) is 0 Å². The quantitative estimate of drug-likeness (QED) is 0.758. The molecule has 0 radical (unpaired) electrons. The maximum absolute atomic E-state index is 5.27. The van der Waals surface area contributed by atoms with E-state index in [2.05, 4.69) is 16.2 Å². The zero-order valence-corrected chi connectivity index (χ0v) is 8.64. The Balaban J connectivity index is 2.13. The van der Waals surface area contributed by atoms with Crippen molar-refractivity contribution in [2.75, 3.05) is 0 Å². The van der Waals surface area contributed by atoms with E-state index in [0.29, 0.717) is 6.54 Å². The number of terminal acetylenes is 1. The molecule has 0 aliphatic rings. The lowest BCUT2D eigenvalue weighted by Crippen LogP contribution is -2.23. The second kappa shape index (κ2) is 4.16. The van der Waals surface area contributed by atoms with Crippen molar-refractivity contribution in [1.82, 2.24) is 14.7 Å². The molecule has 0 aromatic carbocycles. The molecule has 0 aliphatic carbocycles. The van der Waals surface area contributed by atoms with Crippen LogP contribution < -0.4 is 5.32 Å². The summed E-state index contributed by atoms with van der Waals surface area (Å²) in [6, 6.07) is 6.02. The van der Waals surface area contributed by atoms with Crippen LogP contribution in [0.25, 0.3) is 5.65 Å². The second-order valence-electron chi connectivity index (χ2n) is 3.47. The number of aromatic nitrogens is 2. The van der Waals surface area contributed by atoms with Crippen LogP contribution in [0.1, 0.15) is 12.6 Å². The topological polar surface area (TPSA) is 29.3 Å². The van der Waals surface area contributed by atoms with Gasteiger partial charge in [-0.3, -0.25) is 5.32 Å². The Labute approximate surface area is 89.1 Å². The van der Waals surface area contributed by atoms with Crippen molar-refractivity contribution in [1.29, 1.82) is 0 Å². The van der Waals surface area contributed by atoms with Crippen molar-refractivity contribution >= 4 is 5.65 Å². The molecule has 2 rings (SSSR count). The van der Waals surface area contributed by atoms with Crippen LogP contribution in [-0.4, -0.2) is 15.4 Å². The first-order chi connectivity index (χ1) is 7.29. The van der Waals surface area contributed by atoms with Crippen LogP contribution in [0.15, 0.2) is 30.6 Å². The van der Waals surface area contributed by atoms with Gasteiger partial charge in [0.1, 0.15) is 5.65 Å². The van der Waals surface area contributed by atoms with Gasteiger partial charge in [-0.1, -0.05) is 12.0 Å². The minimum Gasteiger partial charge on any atom is -0.307 e. The number of fused-ring (bicyclic) bond motifs is 1. The number of pyridine rings is 1. The van der Waals surface area contributed by atoms with Crippen LogP contribution in [0, 0.1) is 12.3 Å². The normalized spacial score (nSPS) is 12.5. The molecule has 3 nitrogen and oxygen atoms in total. The van der Waals surface area contributed by atoms with E-state index in [9.17, 15) is 0 Å². The Bertz CT molecular complexity index is 460. The standard InChI is InChI=1S/C12H13N3/c1-3-10(2)13-8-11-9-15-7-5-4-6-12(15)14-11/h1,4-7,9-10,13H,8H2,2H3. The lowest BCUT2D eigenvalue weighted by atomic mass is 10.3. The summed E-state index contributed by atoms with van der Waals surface area (Å²) in [5.74, 6) is 2.62. The molecule has 0 spiro atoms. The van der Waals surface area contributed by atoms with Gasteiger partial charge in [0.15, 0.2) is 0 Å². The molecule has 0 saturated carbocycles. The molecule has 2 aromatic rings. The van der Waals surface area contributed by atoms with Gasteiger partial charge < -0.3 is 4.40 Å². The van der Waals surface area contributed by atoms with Crippen LogP contribution in [0.3, 0.4) is 0 Å². The number of nitrogens with zero attached hydrogens (tertiary/aromatic N) is 2. The SMILES string of the molecule is C#CC(C)NCc1cn2ccccc2n1. The molecular weight excluding hydrogens is 186 g/mol. The first kappa shape index (κ1) is 9.75. The molecule has 76 valence electrons. The molecular formula is C12H13N3. The molecule has 3 heteroatoms. The van der Waals surface area contributed by atoms with Crippen molar-refractivity contribution in [3.05, 3.63) is 36.3 Å². The molecule has 2 heterocycles. The fraction of sp³-hybridized carbons (Fsp3) is 0.250. The minimum absolute atomic E-state index is 0.0785. The van der Waals surface area contributed by atoms with E-state index in [1.165, 1.54) is 0 Å².